The maximum Gasteiger partial charge on any atom is 0.407 e. The zero-order valence-electron chi connectivity index (χ0n) is 14.1. The third-order valence-electron chi connectivity index (χ3n) is 3.99. The van der Waals surface area contributed by atoms with Crippen LogP contribution in [0.5, 0.6) is 0 Å². The van der Waals surface area contributed by atoms with Crippen molar-refractivity contribution in [3.05, 3.63) is 0 Å². The number of carbonyl (C=O) groups is 2. The first-order valence-electron chi connectivity index (χ1n) is 8.06. The summed E-state index contributed by atoms with van der Waals surface area (Å²) in [6.45, 7) is 8.00. The monoisotopic (exact) mass is 312 g/mol. The van der Waals surface area contributed by atoms with Gasteiger partial charge in [-0.1, -0.05) is 0 Å². The molecular weight excluding hydrogens is 284 g/mol. The third-order valence-corrected chi connectivity index (χ3v) is 3.99. The van der Waals surface area contributed by atoms with Gasteiger partial charge in [-0.2, -0.15) is 0 Å². The number of ether oxygens (including phenoxy) is 2. The predicted molar refractivity (Wildman–Crippen MR) is 82.4 cm³/mol. The van der Waals surface area contributed by atoms with Gasteiger partial charge in [0.25, 0.3) is 0 Å². The highest BCUT2D eigenvalue weighted by atomic mass is 16.6. The molecule has 126 valence electrons. The lowest BCUT2D eigenvalue weighted by Gasteiger charge is -2.37. The van der Waals surface area contributed by atoms with Gasteiger partial charge < -0.3 is 19.7 Å². The van der Waals surface area contributed by atoms with Crippen molar-refractivity contribution in [3.63, 3.8) is 0 Å². The molecule has 0 aromatic rings. The second-order valence-electron chi connectivity index (χ2n) is 7.46. The molecule has 1 heterocycles. The average molecular weight is 312 g/mol. The normalized spacial score (nSPS) is 26.4. The Morgan fingerprint density at radius 1 is 1.23 bits per heavy atom. The number of nitrogens with one attached hydrogen (secondary N) is 1. The van der Waals surface area contributed by atoms with Crippen LogP contribution in [0.2, 0.25) is 0 Å². The lowest BCUT2D eigenvalue weighted by Crippen LogP contribution is -2.53. The number of alkyl carbamates (subject to hydrolysis) is 1. The van der Waals surface area contributed by atoms with E-state index < -0.39 is 11.7 Å². The molecule has 6 nitrogen and oxygen atoms in total. The van der Waals surface area contributed by atoms with E-state index in [-0.39, 0.29) is 17.9 Å². The molecule has 0 aromatic heterocycles. The molecule has 0 aromatic carbocycles. The molecule has 2 aliphatic rings. The van der Waals surface area contributed by atoms with E-state index in [0.29, 0.717) is 6.42 Å². The van der Waals surface area contributed by atoms with Crippen LogP contribution in [0.3, 0.4) is 0 Å². The van der Waals surface area contributed by atoms with E-state index in [1.54, 1.807) is 0 Å². The van der Waals surface area contributed by atoms with Crippen LogP contribution < -0.4 is 5.32 Å². The lowest BCUT2D eigenvalue weighted by atomic mass is 9.94. The number of nitrogens with zero attached hydrogens (tertiary/aromatic N) is 1. The van der Waals surface area contributed by atoms with E-state index in [9.17, 15) is 9.59 Å². The minimum absolute atomic E-state index is 0.0774. The summed E-state index contributed by atoms with van der Waals surface area (Å²) in [6.07, 6.45) is 2.72. The number of amides is 1. The maximum atomic E-state index is 11.9. The minimum atomic E-state index is -0.520. The van der Waals surface area contributed by atoms with Gasteiger partial charge in [0, 0.05) is 25.7 Å². The minimum Gasteiger partial charge on any atom is -0.469 e. The Morgan fingerprint density at radius 3 is 2.45 bits per heavy atom. The number of esters is 1. The smallest absolute Gasteiger partial charge is 0.407 e. The molecule has 6 heteroatoms. The van der Waals surface area contributed by atoms with Gasteiger partial charge in [-0.25, -0.2) is 4.79 Å². The first-order valence-corrected chi connectivity index (χ1v) is 8.06. The lowest BCUT2D eigenvalue weighted by molar-refractivity contribution is -0.147. The van der Waals surface area contributed by atoms with E-state index >= 15 is 0 Å². The van der Waals surface area contributed by atoms with E-state index in [0.717, 1.165) is 25.6 Å². The molecule has 0 bridgehead atoms. The van der Waals surface area contributed by atoms with E-state index in [2.05, 4.69) is 10.2 Å². The molecule has 1 saturated heterocycles. The van der Waals surface area contributed by atoms with Crippen LogP contribution in [-0.2, 0) is 14.3 Å². The van der Waals surface area contributed by atoms with Crippen LogP contribution in [-0.4, -0.2) is 55.3 Å². The molecular formula is C16H28N2O4. The third kappa shape index (κ3) is 5.48. The van der Waals surface area contributed by atoms with Gasteiger partial charge in [0.05, 0.1) is 13.0 Å². The van der Waals surface area contributed by atoms with Gasteiger partial charge in [0.1, 0.15) is 5.60 Å². The van der Waals surface area contributed by atoms with Gasteiger partial charge in [-0.15, -0.1) is 0 Å². The number of piperidine rings is 1. The number of rotatable bonds is 4. The van der Waals surface area contributed by atoms with Crippen molar-refractivity contribution in [3.8, 4) is 0 Å². The molecule has 0 radical (unpaired) electrons. The van der Waals surface area contributed by atoms with Crippen molar-refractivity contribution in [1.82, 2.24) is 10.2 Å². The summed E-state index contributed by atoms with van der Waals surface area (Å²) in [4.78, 5) is 26.1. The number of carbonyl (C=O) groups excluding carboxylic acids is 2. The summed E-state index contributed by atoms with van der Waals surface area (Å²) in [7, 11) is 1.42. The van der Waals surface area contributed by atoms with Crippen molar-refractivity contribution < 1.29 is 19.1 Å². The summed E-state index contributed by atoms with van der Waals surface area (Å²) in [5.41, 5.74) is -0.520. The summed E-state index contributed by atoms with van der Waals surface area (Å²) >= 11 is 0. The molecule has 2 rings (SSSR count). The van der Waals surface area contributed by atoms with E-state index in [1.165, 1.54) is 20.0 Å². The van der Waals surface area contributed by atoms with Gasteiger partial charge in [-0.05, 0) is 46.0 Å². The molecule has 22 heavy (non-hydrogen) atoms. The highest BCUT2D eigenvalue weighted by Crippen LogP contribution is 2.31. The highest BCUT2D eigenvalue weighted by molar-refractivity contribution is 5.73. The number of hydrogen-bond acceptors (Lipinski definition) is 5. The topological polar surface area (TPSA) is 67.9 Å². The molecule has 1 amide bonds. The second kappa shape index (κ2) is 6.86. The Balaban J connectivity index is 1.92. The van der Waals surface area contributed by atoms with Gasteiger partial charge in [-0.3, -0.25) is 4.79 Å². The van der Waals surface area contributed by atoms with Crippen molar-refractivity contribution in [2.45, 2.75) is 51.7 Å². The summed E-state index contributed by atoms with van der Waals surface area (Å²) in [5, 5.41) is 2.90. The quantitative estimate of drug-likeness (QED) is 0.802. The van der Waals surface area contributed by atoms with Gasteiger partial charge in [0.2, 0.25) is 0 Å². The SMILES string of the molecule is COC(=O)C1CC(NC(=O)OC(C)(C)C)CN(CC2CC2)C1. The zero-order chi connectivity index (χ0) is 16.3. The van der Waals surface area contributed by atoms with Crippen LogP contribution in [0.15, 0.2) is 0 Å². The van der Waals surface area contributed by atoms with Crippen LogP contribution >= 0.6 is 0 Å². The molecule has 1 saturated carbocycles. The number of hydrogen-bond donors (Lipinski definition) is 1. The summed E-state index contributed by atoms with van der Waals surface area (Å²) in [5.74, 6) is 0.368. The second-order valence-corrected chi connectivity index (χ2v) is 7.46. The van der Waals surface area contributed by atoms with Crippen molar-refractivity contribution in [2.75, 3.05) is 26.7 Å². The maximum absolute atomic E-state index is 11.9. The molecule has 0 spiro atoms. The van der Waals surface area contributed by atoms with Crippen LogP contribution in [0.4, 0.5) is 4.79 Å². The van der Waals surface area contributed by atoms with Crippen molar-refractivity contribution in [2.24, 2.45) is 11.8 Å². The Bertz CT molecular complexity index is 415. The molecule has 2 atom stereocenters. The summed E-state index contributed by atoms with van der Waals surface area (Å²) < 4.78 is 10.2. The largest absolute Gasteiger partial charge is 0.469 e. The first-order chi connectivity index (χ1) is 10.3. The fraction of sp³-hybridized carbons (Fsp3) is 0.875. The van der Waals surface area contributed by atoms with Crippen molar-refractivity contribution in [1.29, 1.82) is 0 Å². The Hall–Kier alpha value is -1.30. The Labute approximate surface area is 132 Å². The number of methoxy groups -OCH3 is 1. The van der Waals surface area contributed by atoms with E-state index in [1.807, 2.05) is 20.8 Å². The molecule has 1 N–H and O–H groups in total. The molecule has 2 unspecified atom stereocenters. The summed E-state index contributed by atoms with van der Waals surface area (Å²) in [6, 6.07) is -0.0774. The fourth-order valence-electron chi connectivity index (χ4n) is 2.92. The standard InChI is InChI=1S/C16H28N2O4/c1-16(2,3)22-15(20)17-13-7-12(14(19)21-4)9-18(10-13)8-11-5-6-11/h11-13H,5-10H2,1-4H3,(H,17,20). The zero-order valence-corrected chi connectivity index (χ0v) is 14.1. The molecule has 2 fully saturated rings. The van der Waals surface area contributed by atoms with Crippen LogP contribution in [0.1, 0.15) is 40.0 Å². The highest BCUT2D eigenvalue weighted by Gasteiger charge is 2.36. The van der Waals surface area contributed by atoms with Gasteiger partial charge in [0.15, 0.2) is 0 Å². The first kappa shape index (κ1) is 17.1. The average Bonchev–Trinajstić information content (AvgIpc) is 3.18. The van der Waals surface area contributed by atoms with Crippen LogP contribution in [0.25, 0.3) is 0 Å². The molecule has 1 aliphatic heterocycles. The fourth-order valence-corrected chi connectivity index (χ4v) is 2.92. The van der Waals surface area contributed by atoms with E-state index in [4.69, 9.17) is 9.47 Å². The Kier molecular flexibility index (Phi) is 5.32. The predicted octanol–water partition coefficient (Wildman–Crippen LogP) is 1.78. The Morgan fingerprint density at radius 2 is 1.91 bits per heavy atom. The van der Waals surface area contributed by atoms with Crippen molar-refractivity contribution >= 4 is 12.1 Å². The molecule has 1 aliphatic carbocycles. The number of likely N-dealkylation sites (tertiary alicyclic amines) is 1. The van der Waals surface area contributed by atoms with Gasteiger partial charge >= 0.3 is 12.1 Å². The van der Waals surface area contributed by atoms with Crippen LogP contribution in [0, 0.1) is 11.8 Å².